The maximum Gasteiger partial charge on any atom is 0.174 e. The highest BCUT2D eigenvalue weighted by Gasteiger charge is 2.24. The fourth-order valence-corrected chi connectivity index (χ4v) is 3.59. The van der Waals surface area contributed by atoms with Gasteiger partial charge in [-0.1, -0.05) is 43.0 Å². The second kappa shape index (κ2) is 7.84. The number of halogens is 1. The van der Waals surface area contributed by atoms with E-state index in [4.69, 9.17) is 28.2 Å². The summed E-state index contributed by atoms with van der Waals surface area (Å²) in [7, 11) is 0. The number of rotatable bonds is 4. The molecule has 1 aliphatic carbocycles. The summed E-state index contributed by atoms with van der Waals surface area (Å²) in [5.74, 6) is 0.930. The summed E-state index contributed by atoms with van der Waals surface area (Å²) in [5, 5.41) is 4.69. The second-order valence-electron chi connectivity index (χ2n) is 5.91. The molecule has 1 saturated carbocycles. The lowest BCUT2D eigenvalue weighted by Gasteiger charge is -2.36. The van der Waals surface area contributed by atoms with Crippen molar-refractivity contribution in [1.29, 1.82) is 0 Å². The standard InChI is InChI=1S/C18H21ClN2OS/c19-16-10-4-5-11-17(16)20-18(23)21(13-15-9-6-12-22-15)14-7-2-1-3-8-14/h4-6,9-12,14H,1-3,7-8,13H2,(H,20,23). The zero-order valence-corrected chi connectivity index (χ0v) is 14.6. The molecule has 0 spiro atoms. The number of nitrogens with one attached hydrogen (secondary N) is 1. The Morgan fingerprint density at radius 3 is 2.65 bits per heavy atom. The van der Waals surface area contributed by atoms with Crippen molar-refractivity contribution in [2.45, 2.75) is 44.7 Å². The lowest BCUT2D eigenvalue weighted by Crippen LogP contribution is -2.43. The molecule has 0 atom stereocenters. The van der Waals surface area contributed by atoms with E-state index in [9.17, 15) is 0 Å². The summed E-state index contributed by atoms with van der Waals surface area (Å²) in [6, 6.07) is 12.0. The van der Waals surface area contributed by atoms with Crippen molar-refractivity contribution < 1.29 is 4.42 Å². The second-order valence-corrected chi connectivity index (χ2v) is 6.70. The Kier molecular flexibility index (Phi) is 5.57. The number of furan rings is 1. The van der Waals surface area contributed by atoms with Gasteiger partial charge in [-0.15, -0.1) is 0 Å². The van der Waals surface area contributed by atoms with Gasteiger partial charge in [-0.25, -0.2) is 0 Å². The van der Waals surface area contributed by atoms with Crippen molar-refractivity contribution in [1.82, 2.24) is 4.90 Å². The van der Waals surface area contributed by atoms with Crippen molar-refractivity contribution in [2.24, 2.45) is 0 Å². The van der Waals surface area contributed by atoms with Crippen molar-refractivity contribution in [3.63, 3.8) is 0 Å². The molecule has 1 fully saturated rings. The van der Waals surface area contributed by atoms with Crippen LogP contribution in [0.3, 0.4) is 0 Å². The van der Waals surface area contributed by atoms with Crippen LogP contribution in [0.25, 0.3) is 0 Å². The number of anilines is 1. The van der Waals surface area contributed by atoms with Gasteiger partial charge in [0.15, 0.2) is 5.11 Å². The molecule has 0 bridgehead atoms. The molecule has 23 heavy (non-hydrogen) atoms. The molecule has 1 aromatic carbocycles. The van der Waals surface area contributed by atoms with Gasteiger partial charge < -0.3 is 14.6 Å². The van der Waals surface area contributed by atoms with Crippen molar-refractivity contribution >= 4 is 34.6 Å². The molecule has 3 rings (SSSR count). The Labute approximate surface area is 147 Å². The summed E-state index contributed by atoms with van der Waals surface area (Å²) in [6.45, 7) is 0.688. The van der Waals surface area contributed by atoms with Crippen LogP contribution in [0.4, 0.5) is 5.69 Å². The number of nitrogens with zero attached hydrogens (tertiary/aromatic N) is 1. The number of hydrogen-bond donors (Lipinski definition) is 1. The van der Waals surface area contributed by atoms with Crippen LogP contribution in [0.5, 0.6) is 0 Å². The summed E-state index contributed by atoms with van der Waals surface area (Å²) in [4.78, 5) is 2.25. The van der Waals surface area contributed by atoms with Crippen LogP contribution >= 0.6 is 23.8 Å². The highest BCUT2D eigenvalue weighted by Crippen LogP contribution is 2.26. The fourth-order valence-electron chi connectivity index (χ4n) is 3.08. The van der Waals surface area contributed by atoms with Gasteiger partial charge >= 0.3 is 0 Å². The fraction of sp³-hybridized carbons (Fsp3) is 0.389. The molecule has 0 saturated heterocycles. The lowest BCUT2D eigenvalue weighted by atomic mass is 9.94. The van der Waals surface area contributed by atoms with Crippen LogP contribution in [-0.2, 0) is 6.54 Å². The Bertz CT molecular complexity index is 638. The predicted molar refractivity (Wildman–Crippen MR) is 98.8 cm³/mol. The van der Waals surface area contributed by atoms with Crippen LogP contribution in [0, 0.1) is 0 Å². The molecule has 1 N–H and O–H groups in total. The Hall–Kier alpha value is -1.52. The van der Waals surface area contributed by atoms with Crippen LogP contribution in [0.15, 0.2) is 47.1 Å². The molecule has 2 aromatic rings. The van der Waals surface area contributed by atoms with Crippen LogP contribution < -0.4 is 5.32 Å². The van der Waals surface area contributed by atoms with E-state index in [1.807, 2.05) is 36.4 Å². The third kappa shape index (κ3) is 4.27. The minimum absolute atomic E-state index is 0.455. The predicted octanol–water partition coefficient (Wildman–Crippen LogP) is 5.46. The molecule has 0 aliphatic heterocycles. The van der Waals surface area contributed by atoms with Gasteiger partial charge in [0.05, 0.1) is 23.5 Å². The van der Waals surface area contributed by atoms with Crippen molar-refractivity contribution in [3.8, 4) is 0 Å². The average molecular weight is 349 g/mol. The normalized spacial score (nSPS) is 15.3. The molecule has 0 unspecified atom stereocenters. The number of hydrogen-bond acceptors (Lipinski definition) is 2. The maximum absolute atomic E-state index is 6.24. The molecule has 3 nitrogen and oxygen atoms in total. The topological polar surface area (TPSA) is 28.4 Å². The zero-order chi connectivity index (χ0) is 16.1. The van der Waals surface area contributed by atoms with Gasteiger partial charge in [0.2, 0.25) is 0 Å². The SMILES string of the molecule is S=C(Nc1ccccc1Cl)N(Cc1ccco1)C1CCCCC1. The van der Waals surface area contributed by atoms with E-state index in [1.54, 1.807) is 6.26 Å². The van der Waals surface area contributed by atoms with Gasteiger partial charge in [0.1, 0.15) is 5.76 Å². The van der Waals surface area contributed by atoms with Gasteiger partial charge in [-0.3, -0.25) is 0 Å². The summed E-state index contributed by atoms with van der Waals surface area (Å²) in [5.41, 5.74) is 0.847. The third-order valence-corrected chi connectivity index (χ3v) is 4.96. The minimum atomic E-state index is 0.455. The van der Waals surface area contributed by atoms with E-state index in [0.29, 0.717) is 22.7 Å². The van der Waals surface area contributed by atoms with E-state index < -0.39 is 0 Å². The van der Waals surface area contributed by atoms with Gasteiger partial charge in [-0.05, 0) is 49.3 Å². The monoisotopic (exact) mass is 348 g/mol. The molecular formula is C18H21ClN2OS. The molecule has 0 amide bonds. The first-order chi connectivity index (χ1) is 11.2. The first-order valence-electron chi connectivity index (χ1n) is 8.08. The Balaban J connectivity index is 1.76. The van der Waals surface area contributed by atoms with E-state index in [2.05, 4.69) is 10.2 Å². The largest absolute Gasteiger partial charge is 0.467 e. The third-order valence-electron chi connectivity index (χ3n) is 4.30. The molecule has 1 heterocycles. The number of para-hydroxylation sites is 1. The summed E-state index contributed by atoms with van der Waals surface area (Å²) >= 11 is 11.9. The summed E-state index contributed by atoms with van der Waals surface area (Å²) < 4.78 is 5.52. The number of benzene rings is 1. The Morgan fingerprint density at radius 2 is 1.96 bits per heavy atom. The maximum atomic E-state index is 6.24. The zero-order valence-electron chi connectivity index (χ0n) is 13.0. The van der Waals surface area contributed by atoms with Gasteiger partial charge in [0, 0.05) is 6.04 Å². The smallest absolute Gasteiger partial charge is 0.174 e. The highest BCUT2D eigenvalue weighted by molar-refractivity contribution is 7.80. The van der Waals surface area contributed by atoms with Crippen LogP contribution in [-0.4, -0.2) is 16.1 Å². The molecule has 5 heteroatoms. The van der Waals surface area contributed by atoms with Crippen molar-refractivity contribution in [3.05, 3.63) is 53.4 Å². The molecular weight excluding hydrogens is 328 g/mol. The van der Waals surface area contributed by atoms with E-state index >= 15 is 0 Å². The average Bonchev–Trinajstić information content (AvgIpc) is 3.09. The number of thiocarbonyl (C=S) groups is 1. The lowest BCUT2D eigenvalue weighted by molar-refractivity contribution is 0.227. The molecule has 0 radical (unpaired) electrons. The van der Waals surface area contributed by atoms with E-state index in [-0.39, 0.29) is 0 Å². The van der Waals surface area contributed by atoms with E-state index in [1.165, 1.54) is 32.1 Å². The van der Waals surface area contributed by atoms with Crippen LogP contribution in [0.1, 0.15) is 37.9 Å². The van der Waals surface area contributed by atoms with Gasteiger partial charge in [-0.2, -0.15) is 0 Å². The quantitative estimate of drug-likeness (QED) is 0.742. The van der Waals surface area contributed by atoms with Gasteiger partial charge in [0.25, 0.3) is 0 Å². The van der Waals surface area contributed by atoms with Crippen molar-refractivity contribution in [2.75, 3.05) is 5.32 Å². The van der Waals surface area contributed by atoms with E-state index in [0.717, 1.165) is 11.4 Å². The first-order valence-corrected chi connectivity index (χ1v) is 8.87. The summed E-state index contributed by atoms with van der Waals surface area (Å²) in [6.07, 6.45) is 7.88. The van der Waals surface area contributed by atoms with Crippen LogP contribution in [0.2, 0.25) is 5.02 Å². The highest BCUT2D eigenvalue weighted by atomic mass is 35.5. The molecule has 122 valence electrons. The Morgan fingerprint density at radius 1 is 1.17 bits per heavy atom. The first kappa shape index (κ1) is 16.3. The minimum Gasteiger partial charge on any atom is -0.467 e. The molecule has 1 aromatic heterocycles. The molecule has 1 aliphatic rings.